The van der Waals surface area contributed by atoms with Crippen LogP contribution in [0, 0.1) is 0 Å². The van der Waals surface area contributed by atoms with E-state index < -0.39 is 11.7 Å². The van der Waals surface area contributed by atoms with Gasteiger partial charge >= 0.3 is 6.09 Å². The van der Waals surface area contributed by atoms with E-state index in [0.717, 1.165) is 38.4 Å². The highest BCUT2D eigenvalue weighted by Crippen LogP contribution is 2.37. The molecule has 0 saturated carbocycles. The summed E-state index contributed by atoms with van der Waals surface area (Å²) >= 11 is 0. The molecule has 0 aliphatic heterocycles. The molecular formula is C34H37N5O4. The van der Waals surface area contributed by atoms with E-state index in [-0.39, 0.29) is 6.04 Å². The predicted molar refractivity (Wildman–Crippen MR) is 169 cm³/mol. The summed E-state index contributed by atoms with van der Waals surface area (Å²) in [5, 5.41) is 5.61. The van der Waals surface area contributed by atoms with Crippen molar-refractivity contribution < 1.29 is 19.0 Å². The first-order valence-corrected chi connectivity index (χ1v) is 14.2. The van der Waals surface area contributed by atoms with Gasteiger partial charge in [-0.1, -0.05) is 30.3 Å². The van der Waals surface area contributed by atoms with Crippen molar-refractivity contribution in [1.82, 2.24) is 20.3 Å². The summed E-state index contributed by atoms with van der Waals surface area (Å²) in [4.78, 5) is 26.4. The number of carbonyl (C=O) groups is 1. The first kappa shape index (κ1) is 29.6. The summed E-state index contributed by atoms with van der Waals surface area (Å²) in [7, 11) is 3.20. The lowest BCUT2D eigenvalue weighted by Crippen LogP contribution is -2.40. The maximum Gasteiger partial charge on any atom is 0.407 e. The van der Waals surface area contributed by atoms with E-state index in [0.29, 0.717) is 42.3 Å². The van der Waals surface area contributed by atoms with Crippen molar-refractivity contribution in [3.63, 3.8) is 0 Å². The van der Waals surface area contributed by atoms with Gasteiger partial charge in [0.2, 0.25) is 0 Å². The van der Waals surface area contributed by atoms with Crippen LogP contribution in [0.1, 0.15) is 38.3 Å². The van der Waals surface area contributed by atoms with Crippen LogP contribution in [0.5, 0.6) is 11.5 Å². The molecule has 0 unspecified atom stereocenters. The quantitative estimate of drug-likeness (QED) is 0.190. The Hall–Kier alpha value is -4.92. The van der Waals surface area contributed by atoms with Crippen LogP contribution in [0.2, 0.25) is 0 Å². The smallest absolute Gasteiger partial charge is 0.407 e. The number of aryl methyl sites for hydroxylation is 1. The number of alkyl carbamates (subject to hydrolysis) is 1. The zero-order valence-electron chi connectivity index (χ0n) is 25.2. The zero-order valence-corrected chi connectivity index (χ0v) is 25.2. The van der Waals surface area contributed by atoms with Crippen LogP contribution >= 0.6 is 0 Å². The van der Waals surface area contributed by atoms with Gasteiger partial charge in [-0.2, -0.15) is 0 Å². The summed E-state index contributed by atoms with van der Waals surface area (Å²) in [6.45, 7) is 5.57. The van der Waals surface area contributed by atoms with E-state index in [1.54, 1.807) is 26.6 Å². The maximum atomic E-state index is 12.6. The number of amides is 1. The number of nitrogens with zero attached hydrogens (tertiary/aromatic N) is 3. The molecule has 0 fully saturated rings. The molecule has 0 aliphatic rings. The summed E-state index contributed by atoms with van der Waals surface area (Å²) in [5.74, 6) is 1.59. The summed E-state index contributed by atoms with van der Waals surface area (Å²) in [5.41, 5.74) is 10.3. The number of rotatable bonds is 9. The third-order valence-electron chi connectivity index (χ3n) is 7.13. The van der Waals surface area contributed by atoms with Gasteiger partial charge in [-0.3, -0.25) is 9.97 Å². The van der Waals surface area contributed by atoms with Crippen LogP contribution in [0.3, 0.4) is 0 Å². The second kappa shape index (κ2) is 12.5. The van der Waals surface area contributed by atoms with E-state index in [9.17, 15) is 4.79 Å². The van der Waals surface area contributed by atoms with Crippen LogP contribution in [0.4, 0.5) is 10.6 Å². The first-order chi connectivity index (χ1) is 20.6. The minimum absolute atomic E-state index is 0.124. The second-order valence-electron chi connectivity index (χ2n) is 11.5. The average molecular weight is 580 g/mol. The van der Waals surface area contributed by atoms with Crippen molar-refractivity contribution in [3.8, 4) is 22.8 Å². The minimum Gasteiger partial charge on any atom is -0.493 e. The lowest BCUT2D eigenvalue weighted by molar-refractivity contribution is 0.0501. The van der Waals surface area contributed by atoms with Gasteiger partial charge in [0.1, 0.15) is 11.4 Å². The van der Waals surface area contributed by atoms with Gasteiger partial charge in [0.25, 0.3) is 0 Å². The molecular weight excluding hydrogens is 542 g/mol. The molecule has 0 aliphatic carbocycles. The largest absolute Gasteiger partial charge is 0.493 e. The molecule has 5 rings (SSSR count). The number of nitrogens with two attached hydrogens (primary N) is 1. The molecule has 222 valence electrons. The Morgan fingerprint density at radius 2 is 1.65 bits per heavy atom. The molecule has 1 atom stereocenters. The molecule has 0 saturated heterocycles. The van der Waals surface area contributed by atoms with Gasteiger partial charge in [0.05, 0.1) is 25.4 Å². The number of ether oxygens (including phenoxy) is 3. The number of carbonyl (C=O) groups excluding carboxylic acids is 1. The predicted octanol–water partition coefficient (Wildman–Crippen LogP) is 6.51. The number of hydrogen-bond donors (Lipinski definition) is 2. The van der Waals surface area contributed by atoms with Crippen molar-refractivity contribution in [2.75, 3.05) is 20.0 Å². The molecule has 2 aromatic carbocycles. The standard InChI is InChI=1S/C34H37N5O4/c1-34(2,3)43-33(40)38-24(14-21-9-7-6-8-10-21)12-11-22-13-23(19-36-18-22)28-15-25-26-16-30(41-4)31(42-5)17-29(26)37-20-27(25)32(35)39-28/h6-10,13,15-20,24H,11-12,14H2,1-5H3,(H2,35,39)(H,38,40)/t24-/m1/s1. The van der Waals surface area contributed by atoms with Crippen LogP contribution in [-0.4, -0.2) is 46.9 Å². The van der Waals surface area contributed by atoms with Gasteiger partial charge in [-0.05, 0) is 74.7 Å². The van der Waals surface area contributed by atoms with E-state index in [4.69, 9.17) is 19.9 Å². The third kappa shape index (κ3) is 7.12. The number of hydrogen-bond acceptors (Lipinski definition) is 8. The summed E-state index contributed by atoms with van der Waals surface area (Å²) in [6, 6.07) is 17.8. The number of benzene rings is 2. The van der Waals surface area contributed by atoms with Crippen molar-refractivity contribution in [3.05, 3.63) is 84.3 Å². The van der Waals surface area contributed by atoms with Gasteiger partial charge in [-0.15, -0.1) is 0 Å². The Balaban J connectivity index is 1.42. The summed E-state index contributed by atoms with van der Waals surface area (Å²) < 4.78 is 16.5. The zero-order chi connectivity index (χ0) is 30.6. The molecule has 1 amide bonds. The Morgan fingerprint density at radius 3 is 2.37 bits per heavy atom. The molecule has 9 heteroatoms. The fourth-order valence-corrected chi connectivity index (χ4v) is 5.11. The molecule has 3 heterocycles. The molecule has 0 radical (unpaired) electrons. The lowest BCUT2D eigenvalue weighted by Gasteiger charge is -2.24. The molecule has 3 aromatic heterocycles. The first-order valence-electron chi connectivity index (χ1n) is 14.2. The minimum atomic E-state index is -0.576. The van der Waals surface area contributed by atoms with E-state index in [1.807, 2.05) is 63.4 Å². The number of nitrogens with one attached hydrogen (secondary N) is 1. The normalized spacial score (nSPS) is 12.2. The SMILES string of the molecule is COc1cc2ncc3c(N)nc(-c4cncc(CC[C@H](Cc5ccccc5)NC(=O)OC(C)(C)C)c4)cc3c2cc1OC. The second-order valence-corrected chi connectivity index (χ2v) is 11.5. The molecule has 0 spiro atoms. The number of anilines is 1. The Kier molecular flexibility index (Phi) is 8.61. The van der Waals surface area contributed by atoms with Gasteiger partial charge in [-0.25, -0.2) is 9.78 Å². The summed E-state index contributed by atoms with van der Waals surface area (Å²) in [6.07, 6.45) is 7.01. The van der Waals surface area contributed by atoms with E-state index >= 15 is 0 Å². The molecule has 3 N–H and O–H groups in total. The van der Waals surface area contributed by atoms with E-state index in [1.165, 1.54) is 0 Å². The highest BCUT2D eigenvalue weighted by Gasteiger charge is 2.20. The number of aromatic nitrogens is 3. The van der Waals surface area contributed by atoms with Crippen LogP contribution in [0.15, 0.2) is 73.2 Å². The van der Waals surface area contributed by atoms with Gasteiger partial charge < -0.3 is 25.3 Å². The molecule has 9 nitrogen and oxygen atoms in total. The van der Waals surface area contributed by atoms with Crippen molar-refractivity contribution in [1.29, 1.82) is 0 Å². The Morgan fingerprint density at radius 1 is 0.907 bits per heavy atom. The fourth-order valence-electron chi connectivity index (χ4n) is 5.11. The Bertz CT molecular complexity index is 1750. The highest BCUT2D eigenvalue weighted by atomic mass is 16.6. The van der Waals surface area contributed by atoms with Crippen molar-refractivity contribution in [2.24, 2.45) is 0 Å². The number of methoxy groups -OCH3 is 2. The van der Waals surface area contributed by atoms with Crippen LogP contribution in [0.25, 0.3) is 32.9 Å². The third-order valence-corrected chi connectivity index (χ3v) is 7.13. The maximum absolute atomic E-state index is 12.6. The molecule has 0 bridgehead atoms. The lowest BCUT2D eigenvalue weighted by atomic mass is 9.98. The van der Waals surface area contributed by atoms with Gasteiger partial charge in [0, 0.05) is 47.0 Å². The fraction of sp³-hybridized carbons (Fsp3) is 0.294. The number of pyridine rings is 3. The van der Waals surface area contributed by atoms with Crippen LogP contribution in [-0.2, 0) is 17.6 Å². The number of fused-ring (bicyclic) bond motifs is 3. The van der Waals surface area contributed by atoms with Crippen molar-refractivity contribution in [2.45, 2.75) is 51.7 Å². The average Bonchev–Trinajstić information content (AvgIpc) is 2.98. The van der Waals surface area contributed by atoms with Crippen LogP contribution < -0.4 is 20.5 Å². The molecule has 5 aromatic rings. The monoisotopic (exact) mass is 579 g/mol. The highest BCUT2D eigenvalue weighted by molar-refractivity contribution is 6.10. The van der Waals surface area contributed by atoms with Gasteiger partial charge in [0.15, 0.2) is 11.5 Å². The molecule has 43 heavy (non-hydrogen) atoms. The van der Waals surface area contributed by atoms with E-state index in [2.05, 4.69) is 38.5 Å². The number of nitrogen functional groups attached to an aromatic ring is 1. The van der Waals surface area contributed by atoms with Crippen molar-refractivity contribution >= 4 is 33.6 Å². The Labute approximate surface area is 251 Å². The topological polar surface area (TPSA) is 121 Å².